The van der Waals surface area contributed by atoms with Gasteiger partial charge in [-0.3, -0.25) is 5.32 Å². The Labute approximate surface area is 127 Å². The zero-order valence-electron chi connectivity index (χ0n) is 12.0. The van der Waals surface area contributed by atoms with E-state index < -0.39 is 6.04 Å². The van der Waals surface area contributed by atoms with Crippen molar-refractivity contribution in [2.75, 3.05) is 12.4 Å². The second-order valence-electron chi connectivity index (χ2n) is 5.16. The number of methoxy groups -OCH3 is 1. The number of anilines is 1. The van der Waals surface area contributed by atoms with Crippen LogP contribution in [0.3, 0.4) is 0 Å². The van der Waals surface area contributed by atoms with E-state index >= 15 is 0 Å². The molecule has 1 aromatic heterocycles. The number of carbonyl (C=O) groups is 1. The Morgan fingerprint density at radius 1 is 1.14 bits per heavy atom. The van der Waals surface area contributed by atoms with Crippen molar-refractivity contribution in [1.82, 2.24) is 4.98 Å². The molecule has 0 saturated carbocycles. The lowest BCUT2D eigenvalue weighted by Crippen LogP contribution is -2.41. The van der Waals surface area contributed by atoms with Crippen molar-refractivity contribution in [3.05, 3.63) is 60.3 Å². The van der Waals surface area contributed by atoms with E-state index in [4.69, 9.17) is 4.74 Å². The van der Waals surface area contributed by atoms with Gasteiger partial charge in [0.2, 0.25) is 6.04 Å². The molecule has 0 amide bonds. The molecule has 5 nitrogen and oxygen atoms in total. The third-order valence-electron chi connectivity index (χ3n) is 3.90. The first kappa shape index (κ1) is 12.8. The quantitative estimate of drug-likeness (QED) is 0.737. The van der Waals surface area contributed by atoms with Crippen molar-refractivity contribution < 1.29 is 14.1 Å². The van der Waals surface area contributed by atoms with Crippen LogP contribution in [0.15, 0.2) is 54.7 Å². The van der Waals surface area contributed by atoms with Crippen molar-refractivity contribution >= 4 is 22.8 Å². The Morgan fingerprint density at radius 3 is 2.68 bits per heavy atom. The molecule has 0 spiro atoms. The summed E-state index contributed by atoms with van der Waals surface area (Å²) < 4.78 is 6.85. The van der Waals surface area contributed by atoms with Crippen LogP contribution in [0, 0.1) is 0 Å². The first-order valence-corrected chi connectivity index (χ1v) is 7.02. The molecule has 0 bridgehead atoms. The Bertz CT molecular complexity index is 875. The van der Waals surface area contributed by atoms with Crippen LogP contribution in [0.5, 0.6) is 5.75 Å². The molecular formula is C17H14N3O2+. The van der Waals surface area contributed by atoms with E-state index in [0.29, 0.717) is 5.82 Å². The summed E-state index contributed by atoms with van der Waals surface area (Å²) in [4.78, 5) is 17.2. The monoisotopic (exact) mass is 292 g/mol. The van der Waals surface area contributed by atoms with Gasteiger partial charge in [0.1, 0.15) is 17.5 Å². The standard InChI is InChI=1S/C17H13N3O2/c1-22-12-8-6-11(7-9-12)16-17(21)20-14-5-3-2-4-13(14)18-10-15(20)19-16/h2-10,16H,1H3/p+1. The molecule has 0 saturated heterocycles. The fraction of sp³-hybridized carbons (Fsp3) is 0.118. The fourth-order valence-electron chi connectivity index (χ4n) is 2.78. The molecule has 1 unspecified atom stereocenters. The van der Waals surface area contributed by atoms with Gasteiger partial charge in [0, 0.05) is 5.56 Å². The zero-order valence-corrected chi connectivity index (χ0v) is 12.0. The van der Waals surface area contributed by atoms with Crippen LogP contribution in [0.1, 0.15) is 16.4 Å². The molecule has 0 radical (unpaired) electrons. The molecule has 2 aromatic carbocycles. The number of para-hydroxylation sites is 2. The number of hydrogen-bond donors (Lipinski definition) is 1. The lowest BCUT2D eigenvalue weighted by Gasteiger charge is -2.05. The highest BCUT2D eigenvalue weighted by atomic mass is 16.5. The third-order valence-corrected chi connectivity index (χ3v) is 3.90. The number of rotatable bonds is 2. The predicted molar refractivity (Wildman–Crippen MR) is 81.9 cm³/mol. The lowest BCUT2D eigenvalue weighted by molar-refractivity contribution is -0.524. The van der Waals surface area contributed by atoms with Crippen molar-refractivity contribution in [3.8, 4) is 5.75 Å². The molecule has 2 heterocycles. The Hall–Kier alpha value is -2.95. The van der Waals surface area contributed by atoms with Gasteiger partial charge >= 0.3 is 11.7 Å². The van der Waals surface area contributed by atoms with Gasteiger partial charge in [-0.2, -0.15) is 4.57 Å². The summed E-state index contributed by atoms with van der Waals surface area (Å²) in [6.07, 6.45) is 1.70. The van der Waals surface area contributed by atoms with Gasteiger partial charge in [0.25, 0.3) is 0 Å². The van der Waals surface area contributed by atoms with E-state index in [0.717, 1.165) is 22.3 Å². The maximum atomic E-state index is 12.8. The van der Waals surface area contributed by atoms with Gasteiger partial charge in [-0.05, 0) is 24.3 Å². The van der Waals surface area contributed by atoms with Crippen LogP contribution in [-0.4, -0.2) is 18.0 Å². The SMILES string of the molecule is COc1ccc(C2Nc3cnc4ccccc4[n+]3C2=O)cc1. The van der Waals surface area contributed by atoms with Crippen molar-refractivity contribution in [2.24, 2.45) is 0 Å². The number of nitrogens with one attached hydrogen (secondary N) is 1. The summed E-state index contributed by atoms with van der Waals surface area (Å²) >= 11 is 0. The van der Waals surface area contributed by atoms with Crippen LogP contribution >= 0.6 is 0 Å². The fourth-order valence-corrected chi connectivity index (χ4v) is 2.78. The number of nitrogens with zero attached hydrogens (tertiary/aromatic N) is 2. The van der Waals surface area contributed by atoms with E-state index in [1.54, 1.807) is 17.9 Å². The highest BCUT2D eigenvalue weighted by Gasteiger charge is 2.40. The number of carbonyl (C=O) groups excluding carboxylic acids is 1. The minimum atomic E-state index is -0.404. The molecule has 1 N–H and O–H groups in total. The van der Waals surface area contributed by atoms with Crippen LogP contribution in [0.4, 0.5) is 5.82 Å². The average molecular weight is 292 g/mol. The van der Waals surface area contributed by atoms with Crippen molar-refractivity contribution in [2.45, 2.75) is 6.04 Å². The molecule has 22 heavy (non-hydrogen) atoms. The number of fused-ring (bicyclic) bond motifs is 3. The molecule has 0 fully saturated rings. The summed E-state index contributed by atoms with van der Waals surface area (Å²) in [5.41, 5.74) is 2.52. The number of aromatic nitrogens is 2. The van der Waals surface area contributed by atoms with Crippen LogP contribution in [-0.2, 0) is 0 Å². The maximum Gasteiger partial charge on any atom is 0.364 e. The molecule has 1 aliphatic rings. The summed E-state index contributed by atoms with van der Waals surface area (Å²) in [6, 6.07) is 14.7. The third kappa shape index (κ3) is 1.83. The van der Waals surface area contributed by atoms with Crippen molar-refractivity contribution in [1.29, 1.82) is 0 Å². The Balaban J connectivity index is 1.79. The van der Waals surface area contributed by atoms with E-state index in [2.05, 4.69) is 10.3 Å². The Morgan fingerprint density at radius 2 is 1.91 bits per heavy atom. The molecule has 108 valence electrons. The molecule has 3 aromatic rings. The van der Waals surface area contributed by atoms with Crippen LogP contribution in [0.25, 0.3) is 11.0 Å². The number of benzene rings is 2. The first-order valence-electron chi connectivity index (χ1n) is 7.02. The number of ether oxygens (including phenoxy) is 1. The smallest absolute Gasteiger partial charge is 0.364 e. The van der Waals surface area contributed by atoms with E-state index in [1.807, 2.05) is 48.5 Å². The normalized spacial score (nSPS) is 16.4. The second-order valence-corrected chi connectivity index (χ2v) is 5.16. The predicted octanol–water partition coefficient (Wildman–Crippen LogP) is 2.34. The van der Waals surface area contributed by atoms with Gasteiger partial charge in [-0.25, -0.2) is 9.78 Å². The van der Waals surface area contributed by atoms with E-state index in [9.17, 15) is 4.79 Å². The zero-order chi connectivity index (χ0) is 15.1. The van der Waals surface area contributed by atoms with Crippen LogP contribution in [0.2, 0.25) is 0 Å². The van der Waals surface area contributed by atoms with Gasteiger partial charge in [-0.1, -0.05) is 24.3 Å². The molecule has 4 rings (SSSR count). The van der Waals surface area contributed by atoms with Gasteiger partial charge in [0.15, 0.2) is 5.52 Å². The van der Waals surface area contributed by atoms with E-state index in [1.165, 1.54) is 0 Å². The molecule has 1 aliphatic heterocycles. The van der Waals surface area contributed by atoms with Gasteiger partial charge in [-0.15, -0.1) is 0 Å². The second kappa shape index (κ2) is 4.80. The summed E-state index contributed by atoms with van der Waals surface area (Å²) in [6.45, 7) is 0. The van der Waals surface area contributed by atoms with Crippen molar-refractivity contribution in [3.63, 3.8) is 0 Å². The highest BCUT2D eigenvalue weighted by Crippen LogP contribution is 2.26. The summed E-state index contributed by atoms with van der Waals surface area (Å²) in [7, 11) is 1.62. The van der Waals surface area contributed by atoms with E-state index in [-0.39, 0.29) is 5.91 Å². The Kier molecular flexibility index (Phi) is 2.79. The molecule has 1 atom stereocenters. The number of hydrogen-bond acceptors (Lipinski definition) is 4. The van der Waals surface area contributed by atoms with Gasteiger partial charge < -0.3 is 4.74 Å². The highest BCUT2D eigenvalue weighted by molar-refractivity contribution is 5.87. The topological polar surface area (TPSA) is 55.1 Å². The maximum absolute atomic E-state index is 12.8. The minimum absolute atomic E-state index is 0.00114. The lowest BCUT2D eigenvalue weighted by atomic mass is 10.1. The average Bonchev–Trinajstić information content (AvgIpc) is 2.92. The first-order chi connectivity index (χ1) is 10.8. The summed E-state index contributed by atoms with van der Waals surface area (Å²) in [5.74, 6) is 1.48. The molecular weight excluding hydrogens is 278 g/mol. The molecule has 0 aliphatic carbocycles. The largest absolute Gasteiger partial charge is 0.497 e. The van der Waals surface area contributed by atoms with Crippen LogP contribution < -0.4 is 14.6 Å². The summed E-state index contributed by atoms with van der Waals surface area (Å²) in [5, 5.41) is 3.24. The van der Waals surface area contributed by atoms with Gasteiger partial charge in [0.05, 0.1) is 7.11 Å². The molecule has 5 heteroatoms. The minimum Gasteiger partial charge on any atom is -0.497 e.